The predicted octanol–water partition coefficient (Wildman–Crippen LogP) is 2.79. The molecule has 2 fully saturated rings. The quantitative estimate of drug-likeness (QED) is 0.718. The summed E-state index contributed by atoms with van der Waals surface area (Å²) in [5.41, 5.74) is 1.94. The van der Waals surface area contributed by atoms with Crippen LogP contribution in [0.3, 0.4) is 0 Å². The average molecular weight is 416 g/mol. The van der Waals surface area contributed by atoms with Gasteiger partial charge in [0.1, 0.15) is 12.4 Å². The summed E-state index contributed by atoms with van der Waals surface area (Å²) in [5, 5.41) is 0. The van der Waals surface area contributed by atoms with Crippen LogP contribution in [0.25, 0.3) is 0 Å². The lowest BCUT2D eigenvalue weighted by atomic mass is 10.1. The number of hydrogen-bond donors (Lipinski definition) is 1. The van der Waals surface area contributed by atoms with E-state index >= 15 is 0 Å². The molecule has 2 aliphatic rings. The molecule has 0 spiro atoms. The molecule has 2 aromatic rings. The van der Waals surface area contributed by atoms with Gasteiger partial charge in [0.25, 0.3) is 0 Å². The molecule has 2 aliphatic heterocycles. The molecule has 156 valence electrons. The van der Waals surface area contributed by atoms with Gasteiger partial charge in [0.05, 0.1) is 6.26 Å². The molecule has 0 aromatic heterocycles. The van der Waals surface area contributed by atoms with Gasteiger partial charge in [-0.3, -0.25) is 14.5 Å². The van der Waals surface area contributed by atoms with Crippen molar-refractivity contribution in [1.82, 2.24) is 9.80 Å². The van der Waals surface area contributed by atoms with Gasteiger partial charge in [-0.1, -0.05) is 30.3 Å². The third-order valence-corrected chi connectivity index (χ3v) is 6.34. The fourth-order valence-corrected chi connectivity index (χ4v) is 5.08. The standard InChI is InChI=1S/C22H29N3O3S/c1-29(26,27)23-19-7-11-22(12-8-19)28-14-13-25-20-9-10-21(25)17-24(16-20)15-18-5-3-2-4-6-18/h2-8,11-12,20-21,23H,9-10,13-17H2,1H3/t20-,21+. The third kappa shape index (κ3) is 5.50. The van der Waals surface area contributed by atoms with Crippen molar-refractivity contribution in [3.05, 3.63) is 60.2 Å². The number of sulfonamides is 1. The first-order chi connectivity index (χ1) is 14.0. The minimum absolute atomic E-state index is 0.549. The van der Waals surface area contributed by atoms with Crippen molar-refractivity contribution in [1.29, 1.82) is 0 Å². The van der Waals surface area contributed by atoms with Crippen molar-refractivity contribution < 1.29 is 13.2 Å². The lowest BCUT2D eigenvalue weighted by Crippen LogP contribution is -2.54. The Kier molecular flexibility index (Phi) is 6.08. The van der Waals surface area contributed by atoms with Gasteiger partial charge in [0, 0.05) is 44.0 Å². The Balaban J connectivity index is 1.25. The number of ether oxygens (including phenoxy) is 1. The Bertz CT molecular complexity index is 889. The third-order valence-electron chi connectivity index (χ3n) is 5.73. The number of rotatable bonds is 8. The predicted molar refractivity (Wildman–Crippen MR) is 116 cm³/mol. The molecular weight excluding hydrogens is 386 g/mol. The highest BCUT2D eigenvalue weighted by Crippen LogP contribution is 2.30. The maximum absolute atomic E-state index is 11.3. The van der Waals surface area contributed by atoms with E-state index < -0.39 is 10.0 Å². The molecule has 2 saturated heterocycles. The van der Waals surface area contributed by atoms with E-state index in [9.17, 15) is 8.42 Å². The maximum Gasteiger partial charge on any atom is 0.229 e. The average Bonchev–Trinajstić information content (AvgIpc) is 2.92. The topological polar surface area (TPSA) is 61.9 Å². The lowest BCUT2D eigenvalue weighted by Gasteiger charge is -2.41. The molecule has 0 aliphatic carbocycles. The van der Waals surface area contributed by atoms with Crippen molar-refractivity contribution in [2.45, 2.75) is 31.5 Å². The molecule has 0 saturated carbocycles. The van der Waals surface area contributed by atoms with Crippen LogP contribution in [-0.2, 0) is 16.6 Å². The van der Waals surface area contributed by atoms with Gasteiger partial charge in [-0.05, 0) is 42.7 Å². The fourth-order valence-electron chi connectivity index (χ4n) is 4.52. The van der Waals surface area contributed by atoms with Crippen LogP contribution in [-0.4, -0.2) is 62.8 Å². The Labute approximate surface area is 173 Å². The molecule has 0 radical (unpaired) electrons. The monoisotopic (exact) mass is 415 g/mol. The zero-order valence-corrected chi connectivity index (χ0v) is 17.6. The maximum atomic E-state index is 11.3. The zero-order chi connectivity index (χ0) is 20.3. The van der Waals surface area contributed by atoms with Crippen molar-refractivity contribution in [3.8, 4) is 5.75 Å². The van der Waals surface area contributed by atoms with Crippen LogP contribution >= 0.6 is 0 Å². The molecule has 1 N–H and O–H groups in total. The zero-order valence-electron chi connectivity index (χ0n) is 16.8. The first kappa shape index (κ1) is 20.2. The highest BCUT2D eigenvalue weighted by molar-refractivity contribution is 7.92. The summed E-state index contributed by atoms with van der Waals surface area (Å²) in [5.74, 6) is 0.763. The number of likely N-dealkylation sites (tertiary alicyclic amines) is 1. The molecule has 0 amide bonds. The molecule has 6 nitrogen and oxygen atoms in total. The van der Waals surface area contributed by atoms with Gasteiger partial charge < -0.3 is 4.74 Å². The van der Waals surface area contributed by atoms with Gasteiger partial charge in [-0.15, -0.1) is 0 Å². The number of anilines is 1. The van der Waals surface area contributed by atoms with E-state index in [1.54, 1.807) is 24.3 Å². The summed E-state index contributed by atoms with van der Waals surface area (Å²) >= 11 is 0. The fraction of sp³-hybridized carbons (Fsp3) is 0.455. The van der Waals surface area contributed by atoms with Gasteiger partial charge in [0.15, 0.2) is 0 Å². The van der Waals surface area contributed by atoms with Gasteiger partial charge in [-0.2, -0.15) is 0 Å². The molecule has 4 rings (SSSR count). The second kappa shape index (κ2) is 8.73. The highest BCUT2D eigenvalue weighted by Gasteiger charge is 2.39. The van der Waals surface area contributed by atoms with Crippen LogP contribution in [0.1, 0.15) is 18.4 Å². The van der Waals surface area contributed by atoms with Crippen molar-refractivity contribution in [3.63, 3.8) is 0 Å². The largest absolute Gasteiger partial charge is 0.492 e. The van der Waals surface area contributed by atoms with Crippen LogP contribution in [0.4, 0.5) is 5.69 Å². The van der Waals surface area contributed by atoms with Crippen LogP contribution in [0.2, 0.25) is 0 Å². The smallest absolute Gasteiger partial charge is 0.229 e. The van der Waals surface area contributed by atoms with E-state index in [-0.39, 0.29) is 0 Å². The van der Waals surface area contributed by atoms with E-state index in [1.807, 2.05) is 0 Å². The number of fused-ring (bicyclic) bond motifs is 2. The normalized spacial score (nSPS) is 22.5. The van der Waals surface area contributed by atoms with Crippen LogP contribution in [0, 0.1) is 0 Å². The second-order valence-electron chi connectivity index (χ2n) is 8.05. The molecule has 2 heterocycles. The minimum atomic E-state index is -3.25. The van der Waals surface area contributed by atoms with Crippen molar-refractivity contribution in [2.24, 2.45) is 0 Å². The summed E-state index contributed by atoms with van der Waals surface area (Å²) in [6, 6.07) is 19.0. The van der Waals surface area contributed by atoms with Crippen LogP contribution in [0.5, 0.6) is 5.75 Å². The van der Waals surface area contributed by atoms with E-state index in [2.05, 4.69) is 44.9 Å². The molecule has 29 heavy (non-hydrogen) atoms. The van der Waals surface area contributed by atoms with E-state index in [0.717, 1.165) is 38.2 Å². The van der Waals surface area contributed by atoms with Gasteiger partial charge >= 0.3 is 0 Å². The summed E-state index contributed by atoms with van der Waals surface area (Å²) in [4.78, 5) is 5.20. The van der Waals surface area contributed by atoms with Gasteiger partial charge in [-0.25, -0.2) is 8.42 Å². The molecule has 7 heteroatoms. The Morgan fingerprint density at radius 2 is 1.66 bits per heavy atom. The molecule has 2 aromatic carbocycles. The highest BCUT2D eigenvalue weighted by atomic mass is 32.2. The van der Waals surface area contributed by atoms with Crippen LogP contribution in [0.15, 0.2) is 54.6 Å². The molecule has 2 bridgehead atoms. The summed E-state index contributed by atoms with van der Waals surface area (Å²) in [6.07, 6.45) is 3.68. The van der Waals surface area contributed by atoms with Gasteiger partial charge in [0.2, 0.25) is 10.0 Å². The number of nitrogens with zero attached hydrogens (tertiary/aromatic N) is 2. The SMILES string of the molecule is CS(=O)(=O)Nc1ccc(OCCN2[C@@H]3CC[C@H]2CN(Cc2ccccc2)C3)cc1. The van der Waals surface area contributed by atoms with E-state index in [0.29, 0.717) is 24.4 Å². The summed E-state index contributed by atoms with van der Waals surface area (Å²) in [7, 11) is -3.25. The first-order valence-electron chi connectivity index (χ1n) is 10.2. The Morgan fingerprint density at radius 3 is 2.28 bits per heavy atom. The second-order valence-corrected chi connectivity index (χ2v) is 9.80. The van der Waals surface area contributed by atoms with Crippen LogP contribution < -0.4 is 9.46 Å². The number of hydrogen-bond acceptors (Lipinski definition) is 5. The molecular formula is C22H29N3O3S. The summed E-state index contributed by atoms with van der Waals surface area (Å²) in [6.45, 7) is 4.85. The Morgan fingerprint density at radius 1 is 1.00 bits per heavy atom. The number of nitrogens with one attached hydrogen (secondary N) is 1. The lowest BCUT2D eigenvalue weighted by molar-refractivity contribution is 0.0523. The molecule has 2 atom stereocenters. The van der Waals surface area contributed by atoms with Crippen molar-refractivity contribution >= 4 is 15.7 Å². The van der Waals surface area contributed by atoms with Crippen molar-refractivity contribution in [2.75, 3.05) is 37.2 Å². The Hall–Kier alpha value is -2.09. The summed E-state index contributed by atoms with van der Waals surface area (Å²) < 4.78 is 30.9. The minimum Gasteiger partial charge on any atom is -0.492 e. The number of benzene rings is 2. The first-order valence-corrected chi connectivity index (χ1v) is 12.1. The van der Waals surface area contributed by atoms with E-state index in [1.165, 1.54) is 18.4 Å². The number of piperazine rings is 1. The van der Waals surface area contributed by atoms with E-state index in [4.69, 9.17) is 4.74 Å². The molecule has 0 unspecified atom stereocenters.